The molecule has 20 heavy (non-hydrogen) atoms. The standard InChI is InChI=1S/C14H17IN2O3/c15-9-3-6-12(11(7-9)14(19)20)17-13(18)8-1-4-10(16)5-2-8/h3,6-8,10H,1-2,4-5,16H2,(H,17,18)(H,19,20). The van der Waals surface area contributed by atoms with Crippen molar-refractivity contribution < 1.29 is 14.7 Å². The number of hydrogen-bond donors (Lipinski definition) is 3. The molecule has 5 nitrogen and oxygen atoms in total. The predicted octanol–water partition coefficient (Wildman–Crippen LogP) is 2.45. The maximum atomic E-state index is 12.2. The first-order valence-electron chi connectivity index (χ1n) is 6.56. The average Bonchev–Trinajstić information content (AvgIpc) is 2.41. The van der Waals surface area contributed by atoms with Crippen molar-refractivity contribution in [3.8, 4) is 0 Å². The van der Waals surface area contributed by atoms with Crippen LogP contribution in [0.5, 0.6) is 0 Å². The maximum absolute atomic E-state index is 12.2. The monoisotopic (exact) mass is 388 g/mol. The number of halogens is 1. The molecule has 108 valence electrons. The molecule has 0 unspecified atom stereocenters. The molecule has 1 aromatic carbocycles. The summed E-state index contributed by atoms with van der Waals surface area (Å²) in [4.78, 5) is 23.4. The van der Waals surface area contributed by atoms with Crippen molar-refractivity contribution in [1.82, 2.24) is 0 Å². The van der Waals surface area contributed by atoms with Crippen LogP contribution in [0.25, 0.3) is 0 Å². The molecule has 1 aliphatic carbocycles. The van der Waals surface area contributed by atoms with Crippen molar-refractivity contribution in [3.63, 3.8) is 0 Å². The first kappa shape index (κ1) is 15.2. The number of aromatic carboxylic acids is 1. The second kappa shape index (κ2) is 6.53. The van der Waals surface area contributed by atoms with E-state index in [0.717, 1.165) is 29.3 Å². The molecule has 0 atom stereocenters. The maximum Gasteiger partial charge on any atom is 0.337 e. The summed E-state index contributed by atoms with van der Waals surface area (Å²) in [6.07, 6.45) is 3.21. The fourth-order valence-electron chi connectivity index (χ4n) is 2.42. The SMILES string of the molecule is NC1CCC(C(=O)Nc2ccc(I)cc2C(=O)O)CC1. The number of carboxylic acids is 1. The average molecular weight is 388 g/mol. The van der Waals surface area contributed by atoms with Crippen LogP contribution in [0.3, 0.4) is 0 Å². The molecule has 0 aromatic heterocycles. The van der Waals surface area contributed by atoms with Gasteiger partial charge in [0.1, 0.15) is 0 Å². The molecule has 1 amide bonds. The van der Waals surface area contributed by atoms with Crippen molar-refractivity contribution in [2.24, 2.45) is 11.7 Å². The topological polar surface area (TPSA) is 92.4 Å². The van der Waals surface area contributed by atoms with Crippen LogP contribution in [0.2, 0.25) is 0 Å². The number of carbonyl (C=O) groups is 2. The lowest BCUT2D eigenvalue weighted by Gasteiger charge is -2.25. The van der Waals surface area contributed by atoms with Gasteiger partial charge in [-0.05, 0) is 66.5 Å². The number of nitrogens with two attached hydrogens (primary N) is 1. The number of rotatable bonds is 3. The normalized spacial score (nSPS) is 22.3. The van der Waals surface area contributed by atoms with Gasteiger partial charge >= 0.3 is 5.97 Å². The van der Waals surface area contributed by atoms with Gasteiger partial charge in [0.2, 0.25) is 5.91 Å². The van der Waals surface area contributed by atoms with E-state index in [1.165, 1.54) is 0 Å². The quantitative estimate of drug-likeness (QED) is 0.694. The van der Waals surface area contributed by atoms with E-state index in [4.69, 9.17) is 5.73 Å². The lowest BCUT2D eigenvalue weighted by molar-refractivity contribution is -0.120. The summed E-state index contributed by atoms with van der Waals surface area (Å²) in [5.41, 5.74) is 6.30. The van der Waals surface area contributed by atoms with Crippen LogP contribution in [0.1, 0.15) is 36.0 Å². The molecule has 0 aliphatic heterocycles. The first-order chi connectivity index (χ1) is 9.47. The molecule has 0 radical (unpaired) electrons. The molecule has 1 aliphatic rings. The van der Waals surface area contributed by atoms with Crippen molar-refractivity contribution in [2.45, 2.75) is 31.7 Å². The summed E-state index contributed by atoms with van der Waals surface area (Å²) in [5, 5.41) is 11.9. The largest absolute Gasteiger partial charge is 0.478 e. The predicted molar refractivity (Wildman–Crippen MR) is 84.7 cm³/mol. The lowest BCUT2D eigenvalue weighted by Crippen LogP contribution is -2.32. The van der Waals surface area contributed by atoms with Gasteiger partial charge in [-0.1, -0.05) is 0 Å². The first-order valence-corrected chi connectivity index (χ1v) is 7.64. The molecule has 2 rings (SSSR count). The Bertz CT molecular complexity index is 525. The zero-order chi connectivity index (χ0) is 14.7. The summed E-state index contributed by atoms with van der Waals surface area (Å²) in [6, 6.07) is 5.15. The van der Waals surface area contributed by atoms with E-state index in [2.05, 4.69) is 5.32 Å². The van der Waals surface area contributed by atoms with Crippen molar-refractivity contribution in [3.05, 3.63) is 27.3 Å². The number of anilines is 1. The van der Waals surface area contributed by atoms with Crippen LogP contribution < -0.4 is 11.1 Å². The third-order valence-corrected chi connectivity index (χ3v) is 4.28. The highest BCUT2D eigenvalue weighted by Crippen LogP contribution is 2.26. The minimum atomic E-state index is -1.04. The van der Waals surface area contributed by atoms with Gasteiger partial charge in [-0.3, -0.25) is 4.79 Å². The second-order valence-electron chi connectivity index (χ2n) is 5.10. The van der Waals surface area contributed by atoms with E-state index in [1.54, 1.807) is 18.2 Å². The number of carboxylic acid groups (broad SMARTS) is 1. The minimum Gasteiger partial charge on any atom is -0.478 e. The summed E-state index contributed by atoms with van der Waals surface area (Å²) in [6.45, 7) is 0. The van der Waals surface area contributed by atoms with E-state index in [0.29, 0.717) is 5.69 Å². The van der Waals surface area contributed by atoms with Gasteiger partial charge in [-0.15, -0.1) is 0 Å². The zero-order valence-corrected chi connectivity index (χ0v) is 13.1. The molecule has 1 fully saturated rings. The highest BCUT2D eigenvalue weighted by molar-refractivity contribution is 14.1. The molecule has 0 bridgehead atoms. The second-order valence-corrected chi connectivity index (χ2v) is 6.34. The summed E-state index contributed by atoms with van der Waals surface area (Å²) in [5.74, 6) is -1.22. The third kappa shape index (κ3) is 3.69. The highest BCUT2D eigenvalue weighted by Gasteiger charge is 2.25. The smallest absolute Gasteiger partial charge is 0.337 e. The van der Waals surface area contributed by atoms with E-state index in [9.17, 15) is 14.7 Å². The Morgan fingerprint density at radius 2 is 1.90 bits per heavy atom. The van der Waals surface area contributed by atoms with Crippen molar-refractivity contribution in [2.75, 3.05) is 5.32 Å². The molecular weight excluding hydrogens is 371 g/mol. The fraction of sp³-hybridized carbons (Fsp3) is 0.429. The summed E-state index contributed by atoms with van der Waals surface area (Å²) >= 11 is 2.04. The molecule has 4 N–H and O–H groups in total. The molecule has 6 heteroatoms. The number of hydrogen-bond acceptors (Lipinski definition) is 3. The van der Waals surface area contributed by atoms with Crippen molar-refractivity contribution in [1.29, 1.82) is 0 Å². The molecular formula is C14H17IN2O3. The van der Waals surface area contributed by atoms with Crippen LogP contribution in [0, 0.1) is 9.49 Å². The van der Waals surface area contributed by atoms with E-state index in [-0.39, 0.29) is 23.4 Å². The third-order valence-electron chi connectivity index (χ3n) is 3.61. The Labute approximate surface area is 131 Å². The van der Waals surface area contributed by atoms with E-state index < -0.39 is 5.97 Å². The van der Waals surface area contributed by atoms with Crippen molar-refractivity contribution >= 4 is 40.2 Å². The molecule has 1 aromatic rings. The van der Waals surface area contributed by atoms with Gasteiger partial charge in [0.05, 0.1) is 11.3 Å². The highest BCUT2D eigenvalue weighted by atomic mass is 127. The zero-order valence-electron chi connectivity index (χ0n) is 10.9. The Morgan fingerprint density at radius 3 is 2.50 bits per heavy atom. The minimum absolute atomic E-state index is 0.0734. The van der Waals surface area contributed by atoms with Crippen LogP contribution in [-0.4, -0.2) is 23.0 Å². The Balaban J connectivity index is 2.10. The van der Waals surface area contributed by atoms with Gasteiger partial charge in [0.15, 0.2) is 0 Å². The molecule has 0 heterocycles. The van der Waals surface area contributed by atoms with E-state index >= 15 is 0 Å². The Hall–Kier alpha value is -1.15. The Kier molecular flexibility index (Phi) is 4.98. The van der Waals surface area contributed by atoms with Crippen LogP contribution in [0.15, 0.2) is 18.2 Å². The van der Waals surface area contributed by atoms with Gasteiger partial charge < -0.3 is 16.2 Å². The number of carbonyl (C=O) groups excluding carboxylic acids is 1. The molecule has 0 saturated heterocycles. The van der Waals surface area contributed by atoms with Crippen LogP contribution in [-0.2, 0) is 4.79 Å². The Morgan fingerprint density at radius 1 is 1.25 bits per heavy atom. The summed E-state index contributed by atoms with van der Waals surface area (Å²) in [7, 11) is 0. The van der Waals surface area contributed by atoms with Gasteiger partial charge in [-0.25, -0.2) is 4.79 Å². The van der Waals surface area contributed by atoms with Gasteiger partial charge in [-0.2, -0.15) is 0 Å². The lowest BCUT2D eigenvalue weighted by atomic mass is 9.86. The van der Waals surface area contributed by atoms with Gasteiger partial charge in [0.25, 0.3) is 0 Å². The summed E-state index contributed by atoms with van der Waals surface area (Å²) < 4.78 is 0.821. The fourth-order valence-corrected chi connectivity index (χ4v) is 2.91. The number of nitrogens with one attached hydrogen (secondary N) is 1. The molecule has 0 spiro atoms. The molecule has 1 saturated carbocycles. The number of benzene rings is 1. The van der Waals surface area contributed by atoms with Crippen LogP contribution >= 0.6 is 22.6 Å². The number of amides is 1. The van der Waals surface area contributed by atoms with Gasteiger partial charge in [0, 0.05) is 15.5 Å². The van der Waals surface area contributed by atoms with E-state index in [1.807, 2.05) is 22.6 Å². The van der Waals surface area contributed by atoms with Crippen LogP contribution in [0.4, 0.5) is 5.69 Å².